The number of primary amides is 1. The first-order valence-electron chi connectivity index (χ1n) is 9.05. The summed E-state index contributed by atoms with van der Waals surface area (Å²) in [6.07, 6.45) is 1.17. The number of amides is 1. The highest BCUT2D eigenvalue weighted by atomic mass is 16.1. The molecule has 0 bridgehead atoms. The Kier molecular flexibility index (Phi) is 3.23. The van der Waals surface area contributed by atoms with Gasteiger partial charge in [0, 0.05) is 20.9 Å². The van der Waals surface area contributed by atoms with Crippen LogP contribution in [0.4, 0.5) is 0 Å². The Morgan fingerprint density at radius 1 is 1.29 bits per heavy atom. The number of carbonyl (C=O) groups excluding carboxylic acids is 1. The zero-order chi connectivity index (χ0) is 18.3. The molecule has 5 nitrogen and oxygen atoms in total. The lowest BCUT2D eigenvalue weighted by Crippen LogP contribution is -2.28. The fourth-order valence-corrected chi connectivity index (χ4v) is 3.13. The molecule has 1 atom stereocenters. The van der Waals surface area contributed by atoms with Crippen molar-refractivity contribution in [1.82, 2.24) is 15.1 Å². The number of fused-ring (bicyclic) bond motifs is 1. The Morgan fingerprint density at radius 2 is 2.12 bits per heavy atom. The molecular formula is C19H20N4O. The van der Waals surface area contributed by atoms with E-state index in [2.05, 4.69) is 10.4 Å². The predicted molar refractivity (Wildman–Crippen MR) is 94.4 cm³/mol. The lowest BCUT2D eigenvalue weighted by atomic mass is 9.92. The van der Waals surface area contributed by atoms with Crippen molar-refractivity contribution in [3.05, 3.63) is 59.8 Å². The van der Waals surface area contributed by atoms with E-state index in [0.717, 1.165) is 16.6 Å². The number of rotatable bonds is 3. The highest BCUT2D eigenvalue weighted by Crippen LogP contribution is 2.25. The maximum absolute atomic E-state index is 11.6. The van der Waals surface area contributed by atoms with E-state index >= 15 is 0 Å². The summed E-state index contributed by atoms with van der Waals surface area (Å²) in [4.78, 5) is 11.6. The van der Waals surface area contributed by atoms with Crippen molar-refractivity contribution in [1.29, 1.82) is 0 Å². The van der Waals surface area contributed by atoms with Crippen LogP contribution in [0, 0.1) is 0 Å². The highest BCUT2D eigenvalue weighted by molar-refractivity contribution is 6.04. The molecule has 0 aliphatic carbocycles. The molecular weight excluding hydrogens is 300 g/mol. The molecule has 1 aromatic heterocycles. The van der Waals surface area contributed by atoms with Gasteiger partial charge in [0.05, 0.1) is 11.3 Å². The first-order chi connectivity index (χ1) is 12.5. The molecule has 4 rings (SSSR count). The van der Waals surface area contributed by atoms with Gasteiger partial charge in [-0.1, -0.05) is 24.3 Å². The molecule has 1 aliphatic heterocycles. The van der Waals surface area contributed by atoms with Crippen LogP contribution in [0.25, 0.3) is 16.6 Å². The summed E-state index contributed by atoms with van der Waals surface area (Å²) in [7, 11) is 0. The predicted octanol–water partition coefficient (Wildman–Crippen LogP) is 2.59. The maximum Gasteiger partial charge on any atom is 0.250 e. The Labute approximate surface area is 143 Å². The number of hydrogen-bond acceptors (Lipinski definition) is 3. The normalized spacial score (nSPS) is 21.2. The molecule has 24 heavy (non-hydrogen) atoms. The number of aromatic nitrogens is 2. The van der Waals surface area contributed by atoms with Gasteiger partial charge in [0.2, 0.25) is 0 Å². The van der Waals surface area contributed by atoms with Crippen molar-refractivity contribution in [3.8, 4) is 5.69 Å². The molecule has 122 valence electrons. The lowest BCUT2D eigenvalue weighted by molar-refractivity contribution is 0.100. The zero-order valence-electron chi connectivity index (χ0n) is 15.2. The van der Waals surface area contributed by atoms with Crippen LogP contribution < -0.4 is 11.1 Å². The maximum atomic E-state index is 11.6. The van der Waals surface area contributed by atoms with Crippen LogP contribution in [-0.4, -0.2) is 28.8 Å². The Hall–Kier alpha value is -2.66. The number of hydrogen-bond donors (Lipinski definition) is 2. The van der Waals surface area contributed by atoms with E-state index in [4.69, 9.17) is 8.48 Å². The lowest BCUT2D eigenvalue weighted by Gasteiger charge is -2.23. The second-order valence-electron chi connectivity index (χ2n) is 5.98. The van der Waals surface area contributed by atoms with Gasteiger partial charge in [0.15, 0.2) is 0 Å². The topological polar surface area (TPSA) is 72.9 Å². The average molecular weight is 322 g/mol. The number of piperidine rings is 1. The molecule has 2 aromatic carbocycles. The second kappa shape index (κ2) is 6.09. The molecule has 1 saturated heterocycles. The Bertz CT molecular complexity index is 965. The molecule has 0 saturated carbocycles. The molecule has 5 heteroatoms. The number of nitrogens with two attached hydrogens (primary N) is 1. The van der Waals surface area contributed by atoms with Crippen LogP contribution in [0.15, 0.2) is 48.7 Å². The molecule has 2 heterocycles. The largest absolute Gasteiger partial charge is 0.366 e. The van der Waals surface area contributed by atoms with Gasteiger partial charge in [-0.05, 0) is 49.0 Å². The van der Waals surface area contributed by atoms with Crippen molar-refractivity contribution in [3.63, 3.8) is 0 Å². The highest BCUT2D eigenvalue weighted by Gasteiger charge is 2.15. The monoisotopic (exact) mass is 322 g/mol. The van der Waals surface area contributed by atoms with E-state index in [-0.39, 0.29) is 5.92 Å². The van der Waals surface area contributed by atoms with Gasteiger partial charge in [-0.15, -0.1) is 0 Å². The van der Waals surface area contributed by atoms with E-state index in [1.807, 2.05) is 36.5 Å². The first-order valence-corrected chi connectivity index (χ1v) is 8.05. The number of benzene rings is 2. The molecule has 3 N–H and O–H groups in total. The number of nitrogens with one attached hydrogen (secondary N) is 1. The quantitative estimate of drug-likeness (QED) is 0.778. The summed E-state index contributed by atoms with van der Waals surface area (Å²) in [6.45, 7) is 1.35. The van der Waals surface area contributed by atoms with Gasteiger partial charge in [0.1, 0.15) is 5.52 Å². The second-order valence-corrected chi connectivity index (χ2v) is 5.98. The van der Waals surface area contributed by atoms with Crippen LogP contribution in [0.5, 0.6) is 0 Å². The standard InChI is InChI=1S/C19H20N4O/c20-19(24)17-5-1-3-15-12-23(22-18(15)17)16-8-6-13(7-9-16)14-4-2-10-21-11-14/h1,3,5-9,12,14,21H,2,4,10-11H2,(H2,20,24)/i4D2. The Balaban J connectivity index is 1.68. The summed E-state index contributed by atoms with van der Waals surface area (Å²) < 4.78 is 18.2. The van der Waals surface area contributed by atoms with Crippen LogP contribution in [0.1, 0.15) is 37.4 Å². The fourth-order valence-electron chi connectivity index (χ4n) is 3.13. The molecule has 3 aromatic rings. The minimum absolute atomic E-state index is 0.163. The molecule has 1 amide bonds. The first kappa shape index (κ1) is 12.7. The SMILES string of the molecule is [2H]C1([2H])CCNCC1c1ccc(-n2cc3cccc(C(N)=O)c3n2)cc1. The van der Waals surface area contributed by atoms with E-state index in [1.54, 1.807) is 16.8 Å². The number of nitrogens with zero attached hydrogens (tertiary/aromatic N) is 2. The van der Waals surface area contributed by atoms with Crippen molar-refractivity contribution in [2.24, 2.45) is 5.73 Å². The van der Waals surface area contributed by atoms with E-state index in [9.17, 15) is 4.79 Å². The van der Waals surface area contributed by atoms with Gasteiger partial charge in [-0.3, -0.25) is 4.79 Å². The molecule has 1 fully saturated rings. The van der Waals surface area contributed by atoms with Gasteiger partial charge in [-0.2, -0.15) is 5.10 Å². The van der Waals surface area contributed by atoms with E-state index in [0.29, 0.717) is 30.6 Å². The molecule has 1 aliphatic rings. The van der Waals surface area contributed by atoms with Crippen molar-refractivity contribution in [2.45, 2.75) is 18.7 Å². The van der Waals surface area contributed by atoms with Gasteiger partial charge >= 0.3 is 0 Å². The molecule has 0 spiro atoms. The molecule has 0 radical (unpaired) electrons. The minimum atomic E-state index is -1.20. The van der Waals surface area contributed by atoms with Gasteiger partial charge in [0.25, 0.3) is 5.91 Å². The van der Waals surface area contributed by atoms with Crippen molar-refractivity contribution >= 4 is 16.8 Å². The van der Waals surface area contributed by atoms with Crippen LogP contribution >= 0.6 is 0 Å². The van der Waals surface area contributed by atoms with Crippen molar-refractivity contribution < 1.29 is 7.54 Å². The minimum Gasteiger partial charge on any atom is -0.366 e. The third kappa shape index (κ3) is 2.67. The summed E-state index contributed by atoms with van der Waals surface area (Å²) in [6, 6.07) is 13.1. The van der Waals surface area contributed by atoms with Crippen LogP contribution in [0.2, 0.25) is 0 Å². The summed E-state index contributed by atoms with van der Waals surface area (Å²) in [5, 5.41) is 8.62. The van der Waals surface area contributed by atoms with Crippen LogP contribution in [0.3, 0.4) is 0 Å². The third-order valence-electron chi connectivity index (χ3n) is 4.40. The summed E-state index contributed by atoms with van der Waals surface area (Å²) in [5.41, 5.74) is 8.23. The zero-order valence-corrected chi connectivity index (χ0v) is 13.2. The van der Waals surface area contributed by atoms with Gasteiger partial charge < -0.3 is 11.1 Å². The van der Waals surface area contributed by atoms with E-state index < -0.39 is 12.3 Å². The Morgan fingerprint density at radius 3 is 2.88 bits per heavy atom. The average Bonchev–Trinajstić information content (AvgIpc) is 3.05. The summed E-state index contributed by atoms with van der Waals surface area (Å²) >= 11 is 0. The third-order valence-corrected chi connectivity index (χ3v) is 4.40. The fraction of sp³-hybridized carbons (Fsp3) is 0.263. The summed E-state index contributed by atoms with van der Waals surface area (Å²) in [5.74, 6) is -0.660. The van der Waals surface area contributed by atoms with E-state index in [1.165, 1.54) is 0 Å². The van der Waals surface area contributed by atoms with Crippen molar-refractivity contribution in [2.75, 3.05) is 13.1 Å². The molecule has 1 unspecified atom stereocenters. The van der Waals surface area contributed by atoms with Gasteiger partial charge in [-0.25, -0.2) is 4.68 Å². The number of carbonyl (C=O) groups is 1. The smallest absolute Gasteiger partial charge is 0.250 e. The van der Waals surface area contributed by atoms with Crippen LogP contribution in [-0.2, 0) is 0 Å².